The van der Waals surface area contributed by atoms with E-state index in [1.54, 1.807) is 23.4 Å². The number of hydrogen-bond donors (Lipinski definition) is 0. The van der Waals surface area contributed by atoms with Crippen molar-refractivity contribution >= 4 is 21.6 Å². The second-order valence-corrected chi connectivity index (χ2v) is 7.66. The number of rotatable bonds is 8. The summed E-state index contributed by atoms with van der Waals surface area (Å²) in [6.07, 6.45) is 4.54. The molecular weight excluding hydrogens is 338 g/mol. The molecule has 0 atom stereocenters. The van der Waals surface area contributed by atoms with E-state index in [1.807, 2.05) is 43.3 Å². The third-order valence-electron chi connectivity index (χ3n) is 3.81. The SMILES string of the molecule is CCN(C(=O)CCN(Cc1cccnc1)S(C)(=O)=O)c1ccccc1. The Labute approximate surface area is 149 Å². The van der Waals surface area contributed by atoms with Crippen molar-refractivity contribution in [1.29, 1.82) is 0 Å². The van der Waals surface area contributed by atoms with Crippen LogP contribution in [0.3, 0.4) is 0 Å². The number of sulfonamides is 1. The normalized spacial score (nSPS) is 11.5. The van der Waals surface area contributed by atoms with E-state index in [1.165, 1.54) is 4.31 Å². The molecule has 0 aliphatic heterocycles. The molecule has 2 rings (SSSR count). The van der Waals surface area contributed by atoms with Crippen LogP contribution in [-0.4, -0.2) is 43.0 Å². The van der Waals surface area contributed by atoms with Crippen LogP contribution < -0.4 is 4.90 Å². The Kier molecular flexibility index (Phi) is 6.66. The lowest BCUT2D eigenvalue weighted by Gasteiger charge is -2.24. The third-order valence-corrected chi connectivity index (χ3v) is 5.06. The van der Waals surface area contributed by atoms with Crippen LogP contribution in [0.2, 0.25) is 0 Å². The van der Waals surface area contributed by atoms with Crippen molar-refractivity contribution in [3.63, 3.8) is 0 Å². The van der Waals surface area contributed by atoms with Crippen LogP contribution in [0.1, 0.15) is 18.9 Å². The van der Waals surface area contributed by atoms with Gasteiger partial charge in [-0.3, -0.25) is 9.78 Å². The number of hydrogen-bond acceptors (Lipinski definition) is 4. The lowest BCUT2D eigenvalue weighted by molar-refractivity contribution is -0.118. The molecule has 0 unspecified atom stereocenters. The summed E-state index contributed by atoms with van der Waals surface area (Å²) in [6.45, 7) is 2.77. The Hall–Kier alpha value is -2.25. The van der Waals surface area contributed by atoms with Gasteiger partial charge in [-0.2, -0.15) is 4.31 Å². The standard InChI is InChI=1S/C18H23N3O3S/c1-3-21(17-9-5-4-6-10-17)18(22)11-13-20(25(2,23)24)15-16-8-7-12-19-14-16/h4-10,12,14H,3,11,13,15H2,1-2H3. The summed E-state index contributed by atoms with van der Waals surface area (Å²) in [4.78, 5) is 18.2. The van der Waals surface area contributed by atoms with Crippen molar-refractivity contribution in [3.05, 3.63) is 60.4 Å². The van der Waals surface area contributed by atoms with E-state index in [9.17, 15) is 13.2 Å². The summed E-state index contributed by atoms with van der Waals surface area (Å²) in [6, 6.07) is 12.9. The molecule has 0 aliphatic carbocycles. The number of anilines is 1. The van der Waals surface area contributed by atoms with Crippen molar-refractivity contribution in [2.75, 3.05) is 24.2 Å². The van der Waals surface area contributed by atoms with Gasteiger partial charge in [-0.15, -0.1) is 0 Å². The highest BCUT2D eigenvalue weighted by Gasteiger charge is 2.21. The second-order valence-electron chi connectivity index (χ2n) is 5.68. The number of aromatic nitrogens is 1. The number of nitrogens with zero attached hydrogens (tertiary/aromatic N) is 3. The fourth-order valence-corrected chi connectivity index (χ4v) is 3.33. The van der Waals surface area contributed by atoms with E-state index in [0.717, 1.165) is 17.5 Å². The van der Waals surface area contributed by atoms with Crippen LogP contribution in [0.4, 0.5) is 5.69 Å². The summed E-state index contributed by atoms with van der Waals surface area (Å²) in [7, 11) is -3.42. The molecule has 2 aromatic rings. The van der Waals surface area contributed by atoms with Gasteiger partial charge in [-0.25, -0.2) is 8.42 Å². The van der Waals surface area contributed by atoms with E-state index in [0.29, 0.717) is 6.54 Å². The molecule has 1 aromatic heterocycles. The molecule has 0 spiro atoms. The number of carbonyl (C=O) groups is 1. The predicted molar refractivity (Wildman–Crippen MR) is 98.6 cm³/mol. The first-order chi connectivity index (χ1) is 11.9. The molecule has 0 N–H and O–H groups in total. The van der Waals surface area contributed by atoms with Gasteiger partial charge in [0.25, 0.3) is 0 Å². The maximum Gasteiger partial charge on any atom is 0.228 e. The number of carbonyl (C=O) groups excluding carboxylic acids is 1. The third kappa shape index (κ3) is 5.65. The van der Waals surface area contributed by atoms with E-state index < -0.39 is 10.0 Å². The zero-order valence-corrected chi connectivity index (χ0v) is 15.3. The largest absolute Gasteiger partial charge is 0.313 e. The number of pyridine rings is 1. The highest BCUT2D eigenvalue weighted by Crippen LogP contribution is 2.15. The molecule has 0 saturated heterocycles. The van der Waals surface area contributed by atoms with Crippen LogP contribution in [0.25, 0.3) is 0 Å². The minimum absolute atomic E-state index is 0.103. The Morgan fingerprint density at radius 3 is 2.40 bits per heavy atom. The van der Waals surface area contributed by atoms with Gasteiger partial charge in [0.15, 0.2) is 0 Å². The first kappa shape index (κ1) is 19.1. The van der Waals surface area contributed by atoms with Crippen molar-refractivity contribution in [3.8, 4) is 0 Å². The summed E-state index contributed by atoms with van der Waals surface area (Å²) in [5.74, 6) is -0.103. The average molecular weight is 361 g/mol. The molecule has 0 radical (unpaired) electrons. The van der Waals surface area contributed by atoms with Crippen LogP contribution in [0.5, 0.6) is 0 Å². The van der Waals surface area contributed by atoms with E-state index in [-0.39, 0.29) is 25.4 Å². The summed E-state index contributed by atoms with van der Waals surface area (Å²) < 4.78 is 25.4. The van der Waals surface area contributed by atoms with Gasteiger partial charge in [0.05, 0.1) is 6.26 Å². The lowest BCUT2D eigenvalue weighted by atomic mass is 10.2. The van der Waals surface area contributed by atoms with Gasteiger partial charge < -0.3 is 4.90 Å². The zero-order valence-electron chi connectivity index (χ0n) is 14.5. The van der Waals surface area contributed by atoms with E-state index >= 15 is 0 Å². The monoisotopic (exact) mass is 361 g/mol. The Bertz CT molecular complexity index is 780. The molecule has 0 saturated carbocycles. The van der Waals surface area contributed by atoms with Crippen LogP contribution in [0.15, 0.2) is 54.9 Å². The fourth-order valence-electron chi connectivity index (χ4n) is 2.52. The van der Waals surface area contributed by atoms with Gasteiger partial charge >= 0.3 is 0 Å². The van der Waals surface area contributed by atoms with Gasteiger partial charge in [-0.1, -0.05) is 24.3 Å². The van der Waals surface area contributed by atoms with Gasteiger partial charge in [-0.05, 0) is 30.7 Å². The summed E-state index contributed by atoms with van der Waals surface area (Å²) >= 11 is 0. The fraction of sp³-hybridized carbons (Fsp3) is 0.333. The minimum atomic E-state index is -3.42. The topological polar surface area (TPSA) is 70.6 Å². The molecule has 6 nitrogen and oxygen atoms in total. The Balaban J connectivity index is 2.05. The van der Waals surface area contributed by atoms with Crippen LogP contribution in [0, 0.1) is 0 Å². The highest BCUT2D eigenvalue weighted by atomic mass is 32.2. The summed E-state index contributed by atoms with van der Waals surface area (Å²) in [5.41, 5.74) is 1.60. The molecule has 25 heavy (non-hydrogen) atoms. The smallest absolute Gasteiger partial charge is 0.228 e. The van der Waals surface area contributed by atoms with Crippen molar-refractivity contribution in [1.82, 2.24) is 9.29 Å². The zero-order chi connectivity index (χ0) is 18.3. The van der Waals surface area contributed by atoms with Gasteiger partial charge in [0, 0.05) is 44.1 Å². The number of para-hydroxylation sites is 1. The molecule has 1 amide bonds. The highest BCUT2D eigenvalue weighted by molar-refractivity contribution is 7.88. The second kappa shape index (κ2) is 8.73. The van der Waals surface area contributed by atoms with Gasteiger partial charge in [0.2, 0.25) is 15.9 Å². The number of benzene rings is 1. The summed E-state index contributed by atoms with van der Waals surface area (Å²) in [5, 5.41) is 0. The van der Waals surface area contributed by atoms with Crippen LogP contribution >= 0.6 is 0 Å². The van der Waals surface area contributed by atoms with Gasteiger partial charge in [0.1, 0.15) is 0 Å². The maximum atomic E-state index is 12.6. The number of amides is 1. The molecule has 0 aliphatic rings. The molecule has 1 heterocycles. The van der Waals surface area contributed by atoms with Crippen molar-refractivity contribution < 1.29 is 13.2 Å². The molecule has 0 fully saturated rings. The molecule has 1 aromatic carbocycles. The van der Waals surface area contributed by atoms with Crippen molar-refractivity contribution in [2.45, 2.75) is 19.9 Å². The van der Waals surface area contributed by atoms with E-state index in [2.05, 4.69) is 4.98 Å². The first-order valence-electron chi connectivity index (χ1n) is 8.11. The average Bonchev–Trinajstić information content (AvgIpc) is 2.60. The van der Waals surface area contributed by atoms with Crippen molar-refractivity contribution in [2.24, 2.45) is 0 Å². The maximum absolute atomic E-state index is 12.6. The Morgan fingerprint density at radius 1 is 1.12 bits per heavy atom. The molecule has 0 bridgehead atoms. The first-order valence-corrected chi connectivity index (χ1v) is 9.96. The predicted octanol–water partition coefficient (Wildman–Crippen LogP) is 2.29. The quantitative estimate of drug-likeness (QED) is 0.723. The van der Waals surface area contributed by atoms with Crippen LogP contribution in [-0.2, 0) is 21.4 Å². The molecule has 134 valence electrons. The minimum Gasteiger partial charge on any atom is -0.313 e. The Morgan fingerprint density at radius 2 is 1.84 bits per heavy atom. The lowest BCUT2D eigenvalue weighted by Crippen LogP contribution is -2.36. The molecular formula is C18H23N3O3S. The van der Waals surface area contributed by atoms with E-state index in [4.69, 9.17) is 0 Å². The molecule has 7 heteroatoms.